The Balaban J connectivity index is 0.000000580. The zero-order chi connectivity index (χ0) is 26.8. The average molecular weight is 513 g/mol. The maximum atomic E-state index is 11.4. The summed E-state index contributed by atoms with van der Waals surface area (Å²) in [6, 6.07) is 13.5. The van der Waals surface area contributed by atoms with Crippen molar-refractivity contribution in [1.82, 2.24) is 9.88 Å². The number of nitrogens with zero attached hydrogens (tertiary/aromatic N) is 3. The van der Waals surface area contributed by atoms with E-state index in [1.165, 1.54) is 37.8 Å². The third kappa shape index (κ3) is 6.97. The van der Waals surface area contributed by atoms with Gasteiger partial charge < -0.3 is 25.6 Å². The second-order valence-electron chi connectivity index (χ2n) is 9.56. The number of hydrogen-bond acceptors (Lipinski definition) is 7. The first kappa shape index (κ1) is 27.9. The molecule has 3 saturated heterocycles. The number of fused-ring (bicyclic) bond motifs is 4. The highest BCUT2D eigenvalue weighted by Crippen LogP contribution is 2.43. The van der Waals surface area contributed by atoms with Crippen LogP contribution in [-0.2, 0) is 16.0 Å². The van der Waals surface area contributed by atoms with E-state index in [1.807, 2.05) is 12.1 Å². The Morgan fingerprint density at radius 1 is 1.14 bits per heavy atom. The van der Waals surface area contributed by atoms with Gasteiger partial charge in [-0.2, -0.15) is 0 Å². The number of amides is 1. The number of carbonyl (C=O) groups excluding carboxylic acids is 1. The van der Waals surface area contributed by atoms with Gasteiger partial charge in [-0.3, -0.25) is 19.3 Å². The van der Waals surface area contributed by atoms with Gasteiger partial charge in [0.25, 0.3) is 12.9 Å². The topological polar surface area (TPSA) is 146 Å². The SMILES string of the molecule is COc1cccc(C[C@H]2[C@H]3C[C@H](CN(c4ccc(C(N)=O)cn4)C3)[C@@H]3CCCCN32)c1.O=CO.O=CO. The molecule has 1 amide bonds. The Bertz CT molecular complexity index is 1030. The van der Waals surface area contributed by atoms with Crippen molar-refractivity contribution in [3.63, 3.8) is 0 Å². The third-order valence-corrected chi connectivity index (χ3v) is 7.56. The van der Waals surface area contributed by atoms with Crippen LogP contribution in [0.3, 0.4) is 0 Å². The van der Waals surface area contributed by atoms with Crippen LogP contribution in [0.4, 0.5) is 5.82 Å². The van der Waals surface area contributed by atoms with Gasteiger partial charge in [-0.25, -0.2) is 4.98 Å². The number of benzene rings is 1. The molecule has 10 heteroatoms. The lowest BCUT2D eigenvalue weighted by Gasteiger charge is -2.57. The minimum absolute atomic E-state index is 0.250. The Labute approximate surface area is 217 Å². The molecule has 5 rings (SSSR count). The molecule has 0 radical (unpaired) electrons. The predicted octanol–water partition coefficient (Wildman–Crippen LogP) is 2.51. The molecule has 4 N–H and O–H groups in total. The van der Waals surface area contributed by atoms with Crippen molar-refractivity contribution in [3.8, 4) is 5.75 Å². The molecule has 4 atom stereocenters. The zero-order valence-electron chi connectivity index (χ0n) is 21.1. The molecule has 3 fully saturated rings. The summed E-state index contributed by atoms with van der Waals surface area (Å²) in [5.41, 5.74) is 7.22. The second kappa shape index (κ2) is 13.6. The number of primary amides is 1. The van der Waals surface area contributed by atoms with Crippen LogP contribution >= 0.6 is 0 Å². The van der Waals surface area contributed by atoms with Crippen LogP contribution in [0.1, 0.15) is 41.6 Å². The Morgan fingerprint density at radius 3 is 2.51 bits per heavy atom. The number of rotatable bonds is 5. The minimum atomic E-state index is -0.425. The molecule has 0 saturated carbocycles. The highest BCUT2D eigenvalue weighted by Gasteiger charge is 2.47. The lowest BCUT2D eigenvalue weighted by Crippen LogP contribution is -2.64. The fourth-order valence-corrected chi connectivity index (χ4v) is 6.14. The summed E-state index contributed by atoms with van der Waals surface area (Å²) in [4.78, 5) is 38.0. The average Bonchev–Trinajstić information content (AvgIpc) is 2.92. The third-order valence-electron chi connectivity index (χ3n) is 7.56. The van der Waals surface area contributed by atoms with Crippen LogP contribution in [0.2, 0.25) is 0 Å². The van der Waals surface area contributed by atoms with Gasteiger partial charge in [-0.15, -0.1) is 0 Å². The van der Waals surface area contributed by atoms with Gasteiger partial charge in [0.15, 0.2) is 0 Å². The Morgan fingerprint density at radius 2 is 1.86 bits per heavy atom. The number of pyridine rings is 1. The van der Waals surface area contributed by atoms with Crippen molar-refractivity contribution in [1.29, 1.82) is 0 Å². The van der Waals surface area contributed by atoms with Crippen LogP contribution < -0.4 is 15.4 Å². The van der Waals surface area contributed by atoms with Crippen molar-refractivity contribution in [3.05, 3.63) is 53.7 Å². The van der Waals surface area contributed by atoms with Crippen molar-refractivity contribution in [2.24, 2.45) is 17.6 Å². The maximum absolute atomic E-state index is 11.4. The summed E-state index contributed by atoms with van der Waals surface area (Å²) in [5.74, 6) is 2.76. The molecule has 1 aromatic heterocycles. The van der Waals surface area contributed by atoms with Crippen molar-refractivity contribution < 1.29 is 29.3 Å². The largest absolute Gasteiger partial charge is 0.497 e. The van der Waals surface area contributed by atoms with Crippen molar-refractivity contribution >= 4 is 24.7 Å². The lowest BCUT2D eigenvalue weighted by molar-refractivity contribution is -0.123. The first-order chi connectivity index (χ1) is 17.9. The molecular weight excluding hydrogens is 476 g/mol. The quantitative estimate of drug-likeness (QED) is 0.514. The van der Waals surface area contributed by atoms with Gasteiger partial charge in [0.05, 0.1) is 12.7 Å². The van der Waals surface area contributed by atoms with Crippen LogP contribution in [0.5, 0.6) is 5.75 Å². The number of carbonyl (C=O) groups is 3. The van der Waals surface area contributed by atoms with Gasteiger partial charge in [0, 0.05) is 31.4 Å². The highest BCUT2D eigenvalue weighted by molar-refractivity contribution is 5.92. The van der Waals surface area contributed by atoms with E-state index >= 15 is 0 Å². The summed E-state index contributed by atoms with van der Waals surface area (Å²) in [6.45, 7) is 2.78. The Kier molecular flexibility index (Phi) is 10.3. The van der Waals surface area contributed by atoms with Crippen LogP contribution in [0, 0.1) is 11.8 Å². The molecule has 0 unspecified atom stereocenters. The van der Waals surface area contributed by atoms with Gasteiger partial charge >= 0.3 is 0 Å². The fraction of sp³-hybridized carbons (Fsp3) is 0.481. The monoisotopic (exact) mass is 512 g/mol. The number of ether oxygens (including phenoxy) is 1. The van der Waals surface area contributed by atoms with E-state index < -0.39 is 5.91 Å². The van der Waals surface area contributed by atoms with E-state index in [4.69, 9.17) is 30.3 Å². The molecule has 2 aromatic rings. The van der Waals surface area contributed by atoms with Gasteiger partial charge in [0.2, 0.25) is 5.91 Å². The molecule has 1 aromatic carbocycles. The number of anilines is 1. The molecule has 0 aliphatic carbocycles. The van der Waals surface area contributed by atoms with Crippen molar-refractivity contribution in [2.75, 3.05) is 31.6 Å². The summed E-state index contributed by atoms with van der Waals surface area (Å²) in [7, 11) is 1.74. The smallest absolute Gasteiger partial charge is 0.290 e. The summed E-state index contributed by atoms with van der Waals surface area (Å²) in [5, 5.41) is 13.8. The first-order valence-electron chi connectivity index (χ1n) is 12.5. The molecule has 10 nitrogen and oxygen atoms in total. The standard InChI is InChI=1S/C25H32N4O2.2CH2O2/c1-31-21-6-4-5-17(11-21)12-23-20-13-19(22-7-2-3-10-29(22)23)15-28(16-20)24-9-8-18(14-27-24)25(26)30;2*2-1-3/h4-6,8-9,11,14,19-20,22-23H,2-3,7,10,12-13,15-16H2,1H3,(H2,26,30);2*1H,(H,2,3)/t19-,20+,22+,23+;;/m1../s1. The summed E-state index contributed by atoms with van der Waals surface area (Å²) in [6.07, 6.45) is 7.92. The molecule has 3 aliphatic heterocycles. The normalized spacial score (nSPS) is 24.2. The minimum Gasteiger partial charge on any atom is -0.497 e. The van der Waals surface area contributed by atoms with Crippen LogP contribution in [0.25, 0.3) is 0 Å². The van der Waals surface area contributed by atoms with Crippen LogP contribution in [0.15, 0.2) is 42.6 Å². The maximum Gasteiger partial charge on any atom is 0.290 e. The van der Waals surface area contributed by atoms with E-state index in [2.05, 4.69) is 33.0 Å². The number of methoxy groups -OCH3 is 1. The molecule has 2 bridgehead atoms. The predicted molar refractivity (Wildman–Crippen MR) is 139 cm³/mol. The Hall–Kier alpha value is -3.66. The molecule has 0 spiro atoms. The first-order valence-corrected chi connectivity index (χ1v) is 12.5. The lowest BCUT2D eigenvalue weighted by atomic mass is 9.71. The van der Waals surface area contributed by atoms with E-state index in [1.54, 1.807) is 19.4 Å². The second-order valence-corrected chi connectivity index (χ2v) is 9.56. The van der Waals surface area contributed by atoms with Gasteiger partial charge in [-0.05, 0) is 73.9 Å². The molecule has 4 heterocycles. The number of nitrogens with two attached hydrogens (primary N) is 1. The van der Waals surface area contributed by atoms with Crippen LogP contribution in [-0.4, -0.2) is 77.8 Å². The van der Waals surface area contributed by atoms with E-state index in [-0.39, 0.29) is 12.9 Å². The van der Waals surface area contributed by atoms with E-state index in [0.29, 0.717) is 29.5 Å². The van der Waals surface area contributed by atoms with Crippen molar-refractivity contribution in [2.45, 2.75) is 44.2 Å². The van der Waals surface area contributed by atoms with E-state index in [9.17, 15) is 4.79 Å². The van der Waals surface area contributed by atoms with Gasteiger partial charge in [0.1, 0.15) is 11.6 Å². The number of carboxylic acid groups (broad SMARTS) is 2. The zero-order valence-corrected chi connectivity index (χ0v) is 21.1. The molecule has 37 heavy (non-hydrogen) atoms. The molecule has 3 aliphatic rings. The summed E-state index contributed by atoms with van der Waals surface area (Å²) < 4.78 is 5.47. The number of aromatic nitrogens is 1. The number of hydrogen-bond donors (Lipinski definition) is 3. The molecular formula is C27H36N4O6. The van der Waals surface area contributed by atoms with Gasteiger partial charge in [-0.1, -0.05) is 18.6 Å². The highest BCUT2D eigenvalue weighted by atomic mass is 16.5. The molecule has 200 valence electrons. The van der Waals surface area contributed by atoms with E-state index in [0.717, 1.165) is 31.1 Å². The fourth-order valence-electron chi connectivity index (χ4n) is 6.14. The number of piperidine rings is 3. The summed E-state index contributed by atoms with van der Waals surface area (Å²) >= 11 is 0.